The number of carbonyl (C=O) groups is 3. The Hall–Kier alpha value is -2.87. The van der Waals surface area contributed by atoms with E-state index >= 15 is 0 Å². The molecule has 8 nitrogen and oxygen atoms in total. The van der Waals surface area contributed by atoms with Crippen molar-refractivity contribution in [2.45, 2.75) is 37.8 Å². The highest BCUT2D eigenvalue weighted by atomic mass is 16.7. The third-order valence-corrected chi connectivity index (χ3v) is 7.20. The van der Waals surface area contributed by atoms with Crippen molar-refractivity contribution in [1.29, 1.82) is 0 Å². The molecule has 1 aromatic heterocycles. The molecule has 2 unspecified atom stereocenters. The average molecular weight is 397 g/mol. The molecule has 3 heterocycles. The molecule has 5 atom stereocenters. The van der Waals surface area contributed by atoms with Crippen LogP contribution in [0.15, 0.2) is 24.3 Å². The van der Waals surface area contributed by atoms with Crippen molar-refractivity contribution in [2.75, 3.05) is 7.11 Å². The number of para-hydroxylation sites is 1. The number of benzene rings is 1. The molecule has 1 aliphatic carbocycles. The standard InChI is InChI=1S/C21H23N3O5/c1-10-9-21-13(17(10)20(27)29-22)8-16(25)24(21)15(19(26)28-2)7-12-11-5-3-4-6-14(11)23-18(12)21/h3-6,10,13,15,17,23H,7-9,22H2,1-2H3/t10-,13-,15?,17+,21?/m0/s1. The molecule has 5 rings (SSSR count). The van der Waals surface area contributed by atoms with E-state index in [1.54, 1.807) is 4.90 Å². The number of aromatic amines is 1. The number of aromatic nitrogens is 1. The second kappa shape index (κ2) is 6.06. The van der Waals surface area contributed by atoms with E-state index in [9.17, 15) is 14.4 Å². The Morgan fingerprint density at radius 2 is 2.00 bits per heavy atom. The van der Waals surface area contributed by atoms with E-state index in [1.165, 1.54) is 7.11 Å². The smallest absolute Gasteiger partial charge is 0.328 e. The number of nitrogens with one attached hydrogen (secondary N) is 1. The Morgan fingerprint density at radius 1 is 1.24 bits per heavy atom. The summed E-state index contributed by atoms with van der Waals surface area (Å²) in [4.78, 5) is 48.2. The number of hydrogen-bond donors (Lipinski definition) is 2. The molecule has 1 saturated carbocycles. The first kappa shape index (κ1) is 18.2. The molecular formula is C21H23N3O5. The van der Waals surface area contributed by atoms with Gasteiger partial charge in [0.2, 0.25) is 5.91 Å². The first-order chi connectivity index (χ1) is 13.9. The molecule has 2 aromatic rings. The van der Waals surface area contributed by atoms with Gasteiger partial charge < -0.3 is 19.5 Å². The van der Waals surface area contributed by atoms with Crippen LogP contribution >= 0.6 is 0 Å². The molecule has 0 radical (unpaired) electrons. The SMILES string of the molecule is COC(=O)C1Cc2c([nH]c3ccccc23)C23C[C@H](C)[C@@H](C(=O)ON)[C@@H]2CC(=O)N13. The minimum Gasteiger partial charge on any atom is -0.467 e. The predicted molar refractivity (Wildman–Crippen MR) is 102 cm³/mol. The van der Waals surface area contributed by atoms with E-state index in [1.807, 2.05) is 31.2 Å². The second-order valence-corrected chi connectivity index (χ2v) is 8.41. The van der Waals surface area contributed by atoms with Gasteiger partial charge in [-0.05, 0) is 24.0 Å². The monoisotopic (exact) mass is 397 g/mol. The van der Waals surface area contributed by atoms with Crippen LogP contribution in [-0.2, 0) is 35.9 Å². The summed E-state index contributed by atoms with van der Waals surface area (Å²) < 4.78 is 5.06. The number of carbonyl (C=O) groups excluding carboxylic acids is 3. The van der Waals surface area contributed by atoms with E-state index in [0.717, 1.165) is 22.2 Å². The van der Waals surface area contributed by atoms with Crippen LogP contribution in [0.5, 0.6) is 0 Å². The van der Waals surface area contributed by atoms with E-state index in [4.69, 9.17) is 10.6 Å². The maximum Gasteiger partial charge on any atom is 0.328 e. The maximum atomic E-state index is 13.2. The highest BCUT2D eigenvalue weighted by Crippen LogP contribution is 2.62. The van der Waals surface area contributed by atoms with Crippen molar-refractivity contribution >= 4 is 28.7 Å². The van der Waals surface area contributed by atoms with Crippen molar-refractivity contribution in [2.24, 2.45) is 23.7 Å². The molecule has 8 heteroatoms. The van der Waals surface area contributed by atoms with Crippen LogP contribution in [0.4, 0.5) is 0 Å². The molecule has 1 aromatic carbocycles. The van der Waals surface area contributed by atoms with Crippen LogP contribution in [0.3, 0.4) is 0 Å². The van der Waals surface area contributed by atoms with Gasteiger partial charge in [0.25, 0.3) is 0 Å². The predicted octanol–water partition coefficient (Wildman–Crippen LogP) is 1.38. The Balaban J connectivity index is 1.78. The highest BCUT2D eigenvalue weighted by molar-refractivity contribution is 5.93. The fourth-order valence-electron chi connectivity index (χ4n) is 6.27. The number of rotatable bonds is 2. The Kier molecular flexibility index (Phi) is 3.80. The fraction of sp³-hybridized carbons (Fsp3) is 0.476. The Labute approximate surface area is 167 Å². The summed E-state index contributed by atoms with van der Waals surface area (Å²) in [5, 5.41) is 1.03. The van der Waals surface area contributed by atoms with Gasteiger partial charge >= 0.3 is 11.9 Å². The number of amides is 1. The molecule has 29 heavy (non-hydrogen) atoms. The van der Waals surface area contributed by atoms with Crippen LogP contribution in [0.2, 0.25) is 0 Å². The number of H-pyrrole nitrogens is 1. The molecule has 2 aliphatic heterocycles. The normalized spacial score (nSPS) is 32.7. The summed E-state index contributed by atoms with van der Waals surface area (Å²) in [6, 6.07) is 7.18. The third kappa shape index (κ3) is 2.15. The first-order valence-corrected chi connectivity index (χ1v) is 9.84. The number of hydrogen-bond acceptors (Lipinski definition) is 6. The number of nitrogens with zero attached hydrogens (tertiary/aromatic N) is 1. The van der Waals surface area contributed by atoms with E-state index in [2.05, 4.69) is 9.82 Å². The van der Waals surface area contributed by atoms with E-state index in [-0.39, 0.29) is 24.2 Å². The lowest BCUT2D eigenvalue weighted by molar-refractivity contribution is -0.157. The topological polar surface area (TPSA) is 115 Å². The average Bonchev–Trinajstić information content (AvgIpc) is 3.32. The van der Waals surface area contributed by atoms with Crippen LogP contribution in [0, 0.1) is 17.8 Å². The minimum atomic E-state index is -0.777. The summed E-state index contributed by atoms with van der Waals surface area (Å²) in [5.41, 5.74) is 2.11. The zero-order valence-electron chi connectivity index (χ0n) is 16.3. The molecule has 2 fully saturated rings. The van der Waals surface area contributed by atoms with Gasteiger partial charge in [0.15, 0.2) is 0 Å². The van der Waals surface area contributed by atoms with Gasteiger partial charge in [-0.15, -0.1) is 0 Å². The van der Waals surface area contributed by atoms with E-state index < -0.39 is 29.4 Å². The van der Waals surface area contributed by atoms with Crippen molar-refractivity contribution in [3.8, 4) is 0 Å². The first-order valence-electron chi connectivity index (χ1n) is 9.84. The summed E-state index contributed by atoms with van der Waals surface area (Å²) in [5.74, 6) is 3.25. The summed E-state index contributed by atoms with van der Waals surface area (Å²) in [6.45, 7) is 1.97. The van der Waals surface area contributed by atoms with Gasteiger partial charge in [-0.3, -0.25) is 9.59 Å². The van der Waals surface area contributed by atoms with Crippen molar-refractivity contribution in [1.82, 2.24) is 9.88 Å². The van der Waals surface area contributed by atoms with Gasteiger partial charge in [-0.25, -0.2) is 4.79 Å². The van der Waals surface area contributed by atoms with Gasteiger partial charge in [0.1, 0.15) is 6.04 Å². The quantitative estimate of drug-likeness (QED) is 0.584. The lowest BCUT2D eigenvalue weighted by Gasteiger charge is -2.46. The van der Waals surface area contributed by atoms with Gasteiger partial charge in [-0.1, -0.05) is 25.1 Å². The molecule has 3 aliphatic rings. The number of nitrogens with two attached hydrogens (primary N) is 1. The van der Waals surface area contributed by atoms with Gasteiger partial charge in [0, 0.05) is 35.4 Å². The number of esters is 1. The zero-order valence-corrected chi connectivity index (χ0v) is 16.3. The highest BCUT2D eigenvalue weighted by Gasteiger charge is 2.68. The van der Waals surface area contributed by atoms with Crippen molar-refractivity contribution in [3.63, 3.8) is 0 Å². The summed E-state index contributed by atoms with van der Waals surface area (Å²) in [7, 11) is 1.34. The lowest BCUT2D eigenvalue weighted by atomic mass is 9.76. The van der Waals surface area contributed by atoms with Crippen LogP contribution in [-0.4, -0.2) is 40.9 Å². The van der Waals surface area contributed by atoms with Crippen molar-refractivity contribution < 1.29 is 24.0 Å². The van der Waals surface area contributed by atoms with Crippen LogP contribution in [0.1, 0.15) is 31.0 Å². The molecule has 1 spiro atoms. The fourth-order valence-corrected chi connectivity index (χ4v) is 6.27. The largest absolute Gasteiger partial charge is 0.467 e. The molecular weight excluding hydrogens is 374 g/mol. The second-order valence-electron chi connectivity index (χ2n) is 8.41. The Morgan fingerprint density at radius 3 is 2.72 bits per heavy atom. The zero-order chi connectivity index (χ0) is 20.5. The summed E-state index contributed by atoms with van der Waals surface area (Å²) in [6.07, 6.45) is 1.11. The molecule has 152 valence electrons. The lowest BCUT2D eigenvalue weighted by Crippen LogP contribution is -2.58. The summed E-state index contributed by atoms with van der Waals surface area (Å²) >= 11 is 0. The Bertz CT molecular complexity index is 1050. The molecule has 0 bridgehead atoms. The van der Waals surface area contributed by atoms with Crippen LogP contribution < -0.4 is 5.90 Å². The third-order valence-electron chi connectivity index (χ3n) is 7.20. The van der Waals surface area contributed by atoms with Crippen molar-refractivity contribution in [3.05, 3.63) is 35.5 Å². The number of methoxy groups -OCH3 is 1. The maximum absolute atomic E-state index is 13.2. The van der Waals surface area contributed by atoms with Gasteiger partial charge in [-0.2, -0.15) is 5.90 Å². The van der Waals surface area contributed by atoms with E-state index in [0.29, 0.717) is 12.8 Å². The minimum absolute atomic E-state index is 0.0534. The molecule has 3 N–H and O–H groups in total. The van der Waals surface area contributed by atoms with Crippen LogP contribution in [0.25, 0.3) is 10.9 Å². The number of fused-ring (bicyclic) bond motifs is 3. The van der Waals surface area contributed by atoms with Gasteiger partial charge in [0.05, 0.1) is 18.6 Å². The molecule has 1 saturated heterocycles. The number of ether oxygens (including phenoxy) is 1. The molecule has 1 amide bonds.